The van der Waals surface area contributed by atoms with Gasteiger partial charge in [0, 0.05) is 31.6 Å². The van der Waals surface area contributed by atoms with Crippen molar-refractivity contribution in [3.8, 4) is 6.07 Å². The summed E-state index contributed by atoms with van der Waals surface area (Å²) in [6, 6.07) is 5.93. The van der Waals surface area contributed by atoms with E-state index in [0.29, 0.717) is 32.5 Å². The fraction of sp³-hybridized carbons (Fsp3) is 0.609. The molecule has 0 saturated carbocycles. The van der Waals surface area contributed by atoms with E-state index < -0.39 is 23.8 Å². The van der Waals surface area contributed by atoms with Gasteiger partial charge in [-0.2, -0.15) is 18.4 Å². The van der Waals surface area contributed by atoms with Crippen molar-refractivity contribution in [2.75, 3.05) is 19.6 Å². The fourth-order valence-corrected chi connectivity index (χ4v) is 5.55. The number of nitriles is 1. The van der Waals surface area contributed by atoms with Gasteiger partial charge >= 0.3 is 6.18 Å². The van der Waals surface area contributed by atoms with Gasteiger partial charge in [0.15, 0.2) is 0 Å². The fourth-order valence-electron chi connectivity index (χ4n) is 5.55. The Labute approximate surface area is 185 Å². The highest BCUT2D eigenvalue weighted by Gasteiger charge is 2.52. The molecule has 6 nitrogen and oxygen atoms in total. The Kier molecular flexibility index (Phi) is 5.93. The van der Waals surface area contributed by atoms with E-state index in [1.807, 2.05) is 11.8 Å². The monoisotopic (exact) mass is 448 g/mol. The normalized spacial score (nSPS) is 27.6. The number of fused-ring (bicyclic) bond motifs is 2. The Hall–Kier alpha value is -2.60. The summed E-state index contributed by atoms with van der Waals surface area (Å²) in [7, 11) is 0. The van der Waals surface area contributed by atoms with Crippen LogP contribution in [0.4, 0.5) is 13.2 Å². The Morgan fingerprint density at radius 3 is 2.66 bits per heavy atom. The van der Waals surface area contributed by atoms with Crippen LogP contribution in [-0.2, 0) is 15.8 Å². The lowest BCUT2D eigenvalue weighted by molar-refractivity contribution is -0.144. The molecule has 3 aliphatic heterocycles. The zero-order valence-corrected chi connectivity index (χ0v) is 18.2. The zero-order valence-electron chi connectivity index (χ0n) is 18.2. The second kappa shape index (κ2) is 8.39. The van der Waals surface area contributed by atoms with Crippen LogP contribution in [0, 0.1) is 17.2 Å². The van der Waals surface area contributed by atoms with Crippen molar-refractivity contribution in [2.24, 2.45) is 5.92 Å². The van der Waals surface area contributed by atoms with Crippen LogP contribution >= 0.6 is 0 Å². The van der Waals surface area contributed by atoms with Gasteiger partial charge in [-0.25, -0.2) is 0 Å². The number of hydrogen-bond acceptors (Lipinski definition) is 4. The largest absolute Gasteiger partial charge is 0.416 e. The van der Waals surface area contributed by atoms with E-state index in [9.17, 15) is 28.0 Å². The summed E-state index contributed by atoms with van der Waals surface area (Å²) in [4.78, 5) is 31.1. The minimum atomic E-state index is -4.48. The second-order valence-electron chi connectivity index (χ2n) is 9.09. The molecular weight excluding hydrogens is 421 g/mol. The van der Waals surface area contributed by atoms with Crippen LogP contribution in [0.1, 0.15) is 50.3 Å². The predicted molar refractivity (Wildman–Crippen MR) is 110 cm³/mol. The first-order valence-corrected chi connectivity index (χ1v) is 11.1. The molecule has 0 radical (unpaired) electrons. The first kappa shape index (κ1) is 22.6. The van der Waals surface area contributed by atoms with Gasteiger partial charge < -0.3 is 9.80 Å². The van der Waals surface area contributed by atoms with Crippen LogP contribution in [-0.4, -0.2) is 64.3 Å². The number of benzene rings is 1. The van der Waals surface area contributed by atoms with Crippen molar-refractivity contribution in [3.05, 3.63) is 35.4 Å². The van der Waals surface area contributed by atoms with Crippen LogP contribution in [0.5, 0.6) is 0 Å². The number of nitrogens with zero attached hydrogens (tertiary/aromatic N) is 4. The van der Waals surface area contributed by atoms with E-state index in [-0.39, 0.29) is 35.4 Å². The lowest BCUT2D eigenvalue weighted by Gasteiger charge is -2.39. The van der Waals surface area contributed by atoms with Crippen LogP contribution in [0.15, 0.2) is 24.3 Å². The Morgan fingerprint density at radius 1 is 1.28 bits per heavy atom. The van der Waals surface area contributed by atoms with Gasteiger partial charge in [0.05, 0.1) is 23.7 Å². The highest BCUT2D eigenvalue weighted by molar-refractivity contribution is 5.86. The molecule has 0 N–H and O–H groups in total. The number of halogens is 3. The number of piperazine rings is 1. The van der Waals surface area contributed by atoms with Crippen molar-refractivity contribution in [2.45, 2.75) is 63.5 Å². The SMILES string of the molecule is C[C@@H](CN1CC2C[C@H]1C(=O)N2[C@@H](C)c1ccccc1C(F)(F)F)C(=O)N1CCC[C@H]1C#N. The second-order valence-corrected chi connectivity index (χ2v) is 9.09. The molecule has 1 aromatic carbocycles. The van der Waals surface area contributed by atoms with E-state index in [1.54, 1.807) is 22.8 Å². The van der Waals surface area contributed by atoms with Crippen molar-refractivity contribution in [1.82, 2.24) is 14.7 Å². The molecule has 3 saturated heterocycles. The molecule has 1 aromatic rings. The molecule has 4 rings (SSSR count). The Bertz CT molecular complexity index is 944. The van der Waals surface area contributed by atoms with E-state index >= 15 is 0 Å². The average Bonchev–Trinajstić information content (AvgIpc) is 3.46. The molecule has 3 aliphatic rings. The summed E-state index contributed by atoms with van der Waals surface area (Å²) in [5.74, 6) is -0.608. The minimum absolute atomic E-state index is 0.0754. The van der Waals surface area contributed by atoms with Gasteiger partial charge in [-0.3, -0.25) is 14.5 Å². The van der Waals surface area contributed by atoms with Gasteiger partial charge in [-0.15, -0.1) is 0 Å². The molecule has 172 valence electrons. The summed E-state index contributed by atoms with van der Waals surface area (Å²) in [6.07, 6.45) is -2.42. The zero-order chi connectivity index (χ0) is 23.2. The van der Waals surface area contributed by atoms with Crippen molar-refractivity contribution in [3.63, 3.8) is 0 Å². The average molecular weight is 448 g/mol. The molecule has 32 heavy (non-hydrogen) atoms. The molecule has 2 bridgehead atoms. The van der Waals surface area contributed by atoms with Gasteiger partial charge in [0.1, 0.15) is 6.04 Å². The number of likely N-dealkylation sites (tertiary alicyclic amines) is 3. The maximum absolute atomic E-state index is 13.5. The molecule has 0 aliphatic carbocycles. The first-order chi connectivity index (χ1) is 15.1. The van der Waals surface area contributed by atoms with Gasteiger partial charge in [0.25, 0.3) is 0 Å². The van der Waals surface area contributed by atoms with E-state index in [4.69, 9.17) is 0 Å². The molecule has 3 fully saturated rings. The third kappa shape index (κ3) is 3.85. The van der Waals surface area contributed by atoms with Gasteiger partial charge in [0.2, 0.25) is 11.8 Å². The third-order valence-corrected chi connectivity index (χ3v) is 7.06. The van der Waals surface area contributed by atoms with Crippen molar-refractivity contribution < 1.29 is 22.8 Å². The van der Waals surface area contributed by atoms with Crippen molar-refractivity contribution >= 4 is 11.8 Å². The number of hydrogen-bond donors (Lipinski definition) is 0. The highest BCUT2D eigenvalue weighted by atomic mass is 19.4. The van der Waals surface area contributed by atoms with Crippen molar-refractivity contribution in [1.29, 1.82) is 5.26 Å². The summed E-state index contributed by atoms with van der Waals surface area (Å²) in [6.45, 7) is 4.98. The number of rotatable bonds is 5. The summed E-state index contributed by atoms with van der Waals surface area (Å²) in [5, 5.41) is 9.24. The molecular formula is C23H27F3N4O2. The molecule has 9 heteroatoms. The molecule has 5 atom stereocenters. The maximum atomic E-state index is 13.5. The minimum Gasteiger partial charge on any atom is -0.330 e. The van der Waals surface area contributed by atoms with Gasteiger partial charge in [-0.1, -0.05) is 25.1 Å². The lowest BCUT2D eigenvalue weighted by atomic mass is 9.99. The smallest absolute Gasteiger partial charge is 0.330 e. The van der Waals surface area contributed by atoms with Crippen LogP contribution in [0.3, 0.4) is 0 Å². The summed E-state index contributed by atoms with van der Waals surface area (Å²) in [5.41, 5.74) is -0.607. The van der Waals surface area contributed by atoms with E-state index in [2.05, 4.69) is 6.07 Å². The standard InChI is InChI=1S/C23H27F3N4O2/c1-14(21(31)29-9-5-6-16(29)11-27)12-28-13-17-10-20(28)22(32)30(17)15(2)18-7-3-4-8-19(18)23(24,25)26/h3-4,7-8,14-17,20H,5-6,9-10,12-13H2,1-2H3/t14-,15-,16-,17?,20-/m0/s1. The summed E-state index contributed by atoms with van der Waals surface area (Å²) >= 11 is 0. The number of amides is 2. The molecule has 1 unspecified atom stereocenters. The molecule has 0 spiro atoms. The summed E-state index contributed by atoms with van der Waals surface area (Å²) < 4.78 is 40.4. The Morgan fingerprint density at radius 2 is 2.00 bits per heavy atom. The van der Waals surface area contributed by atoms with Crippen LogP contribution in [0.2, 0.25) is 0 Å². The Balaban J connectivity index is 1.44. The first-order valence-electron chi connectivity index (χ1n) is 11.1. The topological polar surface area (TPSA) is 67.7 Å². The maximum Gasteiger partial charge on any atom is 0.416 e. The number of alkyl halides is 3. The highest BCUT2D eigenvalue weighted by Crippen LogP contribution is 2.42. The van der Waals surface area contributed by atoms with Crippen LogP contribution in [0.25, 0.3) is 0 Å². The predicted octanol–water partition coefficient (Wildman–Crippen LogP) is 3.20. The molecule has 2 amide bonds. The van der Waals surface area contributed by atoms with Gasteiger partial charge in [-0.05, 0) is 37.8 Å². The lowest BCUT2D eigenvalue weighted by Crippen LogP contribution is -2.53. The van der Waals surface area contributed by atoms with E-state index in [0.717, 1.165) is 12.5 Å². The van der Waals surface area contributed by atoms with Crippen LogP contribution < -0.4 is 0 Å². The molecule has 3 heterocycles. The third-order valence-electron chi connectivity index (χ3n) is 7.06. The van der Waals surface area contributed by atoms with E-state index in [1.165, 1.54) is 12.1 Å². The quantitative estimate of drug-likeness (QED) is 0.694. The molecule has 0 aromatic heterocycles. The number of carbonyl (C=O) groups excluding carboxylic acids is 2. The number of carbonyl (C=O) groups is 2.